The van der Waals surface area contributed by atoms with Crippen molar-refractivity contribution in [1.82, 2.24) is 14.5 Å². The van der Waals surface area contributed by atoms with Gasteiger partial charge in [0.15, 0.2) is 0 Å². The van der Waals surface area contributed by atoms with Crippen molar-refractivity contribution in [1.29, 1.82) is 0 Å². The molecule has 52 heavy (non-hydrogen) atoms. The Kier molecular flexibility index (Phi) is 11.1. The van der Waals surface area contributed by atoms with Crippen LogP contribution in [0.5, 0.6) is 0 Å². The minimum Gasteiger partial charge on any atom is -0.501 e. The van der Waals surface area contributed by atoms with Crippen molar-refractivity contribution in [2.45, 2.75) is 58.3 Å². The number of nitrogens with zero attached hydrogens (tertiary/aromatic N) is 3. The molecule has 3 aromatic heterocycles. The van der Waals surface area contributed by atoms with Crippen molar-refractivity contribution in [2.75, 3.05) is 0 Å². The van der Waals surface area contributed by atoms with E-state index in [0.29, 0.717) is 5.92 Å². The number of hydrogen-bond acceptors (Lipinski definition) is 3. The third kappa shape index (κ3) is 7.46. The van der Waals surface area contributed by atoms with Crippen LogP contribution in [0.15, 0.2) is 114 Å². The van der Waals surface area contributed by atoms with Crippen LogP contribution in [0.2, 0.25) is 17.3 Å². The number of pyridine rings is 1. The first-order valence-corrected chi connectivity index (χ1v) is 25.2. The van der Waals surface area contributed by atoms with Crippen LogP contribution in [-0.2, 0) is 26.5 Å². The van der Waals surface area contributed by atoms with Crippen molar-refractivity contribution in [3.05, 3.63) is 144 Å². The molecule has 0 aliphatic heterocycles. The molecule has 1 radical (unpaired) electrons. The average Bonchev–Trinajstić information content (AvgIpc) is 3.67. The van der Waals surface area contributed by atoms with Gasteiger partial charge in [-0.1, -0.05) is 59.0 Å². The van der Waals surface area contributed by atoms with Gasteiger partial charge in [-0.2, -0.15) is 0 Å². The minimum atomic E-state index is -1.86. The Labute approximate surface area is 324 Å². The van der Waals surface area contributed by atoms with Crippen LogP contribution in [0, 0.1) is 38.8 Å². The van der Waals surface area contributed by atoms with Crippen molar-refractivity contribution in [3.63, 3.8) is 0 Å². The van der Waals surface area contributed by atoms with Gasteiger partial charge in [0.1, 0.15) is 5.58 Å². The third-order valence-electron chi connectivity index (χ3n) is 9.39. The molecular formula is C46H45GeIrN3O-2. The van der Waals surface area contributed by atoms with Crippen molar-refractivity contribution in [2.24, 2.45) is 5.92 Å². The van der Waals surface area contributed by atoms with E-state index < -0.39 is 13.3 Å². The van der Waals surface area contributed by atoms with Gasteiger partial charge in [-0.05, 0) is 50.1 Å². The van der Waals surface area contributed by atoms with Gasteiger partial charge in [-0.3, -0.25) is 4.98 Å². The number of furan rings is 1. The molecule has 0 unspecified atom stereocenters. The molecule has 8 aromatic rings. The molecule has 8 rings (SSSR count). The van der Waals surface area contributed by atoms with E-state index in [2.05, 4.69) is 129 Å². The monoisotopic (exact) mass is 922 g/mol. The van der Waals surface area contributed by atoms with Crippen LogP contribution in [0.1, 0.15) is 36.1 Å². The van der Waals surface area contributed by atoms with Gasteiger partial charge in [-0.25, -0.2) is 0 Å². The summed E-state index contributed by atoms with van der Waals surface area (Å²) in [6, 6.07) is 42.0. The standard InChI is InChI=1S/C28H21N2O.C18H24GeN.Ir/c1-17-15-18(2)26(19(3)16-17)30-24-13-6-5-12-23(24)29-28(30)22-11-8-10-21-20-9-4-7-14-25(20)31-27(21)22;1-14(2)11-16-12-18(15-9-7-6-8-10-15)20-13-17(16)19(3,4)5;/h4-10,12-16H,1-3H3;6-9,12-14H,11H2,1-5H3;/q2*-1;. The summed E-state index contributed by atoms with van der Waals surface area (Å²) in [6.45, 7) is 11.0. The fourth-order valence-electron chi connectivity index (χ4n) is 7.28. The van der Waals surface area contributed by atoms with Crippen LogP contribution in [0.25, 0.3) is 61.3 Å². The summed E-state index contributed by atoms with van der Waals surface area (Å²) in [5.41, 5.74) is 13.1. The quantitative estimate of drug-likeness (QED) is 0.123. The van der Waals surface area contributed by atoms with E-state index >= 15 is 0 Å². The number of fused-ring (bicyclic) bond motifs is 4. The zero-order chi connectivity index (χ0) is 35.9. The number of para-hydroxylation sites is 3. The summed E-state index contributed by atoms with van der Waals surface area (Å²) in [5.74, 6) is 8.84. The Morgan fingerprint density at radius 2 is 1.50 bits per heavy atom. The summed E-state index contributed by atoms with van der Waals surface area (Å²) in [6.07, 6.45) is 3.27. The molecule has 0 amide bonds. The van der Waals surface area contributed by atoms with Gasteiger partial charge in [0.25, 0.3) is 0 Å². The number of hydrogen-bond donors (Lipinski definition) is 0. The molecule has 0 aliphatic carbocycles. The Morgan fingerprint density at radius 3 is 2.21 bits per heavy atom. The molecule has 0 spiro atoms. The number of benzene rings is 5. The maximum atomic E-state index is 6.32. The number of imidazole rings is 1. The molecule has 6 heteroatoms. The predicted octanol–water partition coefficient (Wildman–Crippen LogP) is 11.6. The Balaban J connectivity index is 0.000000193. The van der Waals surface area contributed by atoms with Crippen LogP contribution >= 0.6 is 0 Å². The summed E-state index contributed by atoms with van der Waals surface area (Å²) >= 11 is -1.86. The largest absolute Gasteiger partial charge is 0.501 e. The van der Waals surface area contributed by atoms with Gasteiger partial charge in [0, 0.05) is 31.2 Å². The fourth-order valence-corrected chi connectivity index (χ4v) is 10.6. The second kappa shape index (κ2) is 15.4. The average molecular weight is 921 g/mol. The van der Waals surface area contributed by atoms with Crippen LogP contribution in [-0.4, -0.2) is 27.8 Å². The first kappa shape index (κ1) is 37.5. The first-order valence-electron chi connectivity index (χ1n) is 17.8. The van der Waals surface area contributed by atoms with Crippen molar-refractivity contribution in [3.8, 4) is 28.3 Å². The smallest absolute Gasteiger partial charge is 0.120 e. The van der Waals surface area contributed by atoms with Gasteiger partial charge in [0.05, 0.1) is 22.4 Å². The molecular weight excluding hydrogens is 875 g/mol. The van der Waals surface area contributed by atoms with Crippen LogP contribution in [0.3, 0.4) is 0 Å². The van der Waals surface area contributed by atoms with E-state index in [4.69, 9.17) is 14.4 Å². The molecule has 0 N–H and O–H groups in total. The maximum Gasteiger partial charge on any atom is 0.120 e. The minimum absolute atomic E-state index is 0. The number of rotatable bonds is 6. The van der Waals surface area contributed by atoms with Gasteiger partial charge in [-0.15, -0.1) is 18.2 Å². The molecule has 0 aliphatic rings. The fraction of sp³-hybridized carbons (Fsp3) is 0.217. The Bertz CT molecular complexity index is 2480. The first-order chi connectivity index (χ1) is 24.5. The molecule has 4 nitrogen and oxygen atoms in total. The molecule has 0 fully saturated rings. The van der Waals surface area contributed by atoms with Gasteiger partial charge in [0.2, 0.25) is 0 Å². The summed E-state index contributed by atoms with van der Waals surface area (Å²) in [4.78, 5) is 9.75. The SMILES string of the molecule is CC(C)Cc1cc(-c2[c-]cccc2)nc[c]1[Ge]([CH3])([CH3])[CH3].Cc1cc(C)c(-n2c(-c3[c-]ccc4c3oc3ccccc34)nc3ccccc32)c(C)c1.[Ir]. The van der Waals surface area contributed by atoms with Crippen LogP contribution in [0.4, 0.5) is 0 Å². The predicted molar refractivity (Wildman–Crippen MR) is 217 cm³/mol. The van der Waals surface area contributed by atoms with E-state index in [1.54, 1.807) is 4.40 Å². The second-order valence-electron chi connectivity index (χ2n) is 15.1. The van der Waals surface area contributed by atoms with Crippen molar-refractivity contribution < 1.29 is 24.5 Å². The Hall–Kier alpha value is -4.29. The molecule has 0 saturated heterocycles. The third-order valence-corrected chi connectivity index (χ3v) is 13.7. The molecule has 0 saturated carbocycles. The topological polar surface area (TPSA) is 43.9 Å². The summed E-state index contributed by atoms with van der Waals surface area (Å²) in [5, 5.41) is 2.19. The molecule has 0 bridgehead atoms. The van der Waals surface area contributed by atoms with Gasteiger partial charge >= 0.3 is 126 Å². The zero-order valence-electron chi connectivity index (χ0n) is 31.3. The van der Waals surface area contributed by atoms with E-state index in [9.17, 15) is 0 Å². The summed E-state index contributed by atoms with van der Waals surface area (Å²) < 4.78 is 10.1. The Morgan fingerprint density at radius 1 is 0.788 bits per heavy atom. The van der Waals surface area contributed by atoms with E-state index in [1.807, 2.05) is 48.5 Å². The number of aryl methyl sites for hydroxylation is 3. The second-order valence-corrected chi connectivity index (χ2v) is 25.6. The molecule has 265 valence electrons. The molecule has 0 atom stereocenters. The van der Waals surface area contributed by atoms with Crippen LogP contribution < -0.4 is 4.40 Å². The van der Waals surface area contributed by atoms with E-state index in [0.717, 1.165) is 67.7 Å². The maximum absolute atomic E-state index is 6.32. The zero-order valence-corrected chi connectivity index (χ0v) is 35.8. The number of aromatic nitrogens is 3. The molecule has 5 aromatic carbocycles. The van der Waals surface area contributed by atoms with Gasteiger partial charge < -0.3 is 8.98 Å². The summed E-state index contributed by atoms with van der Waals surface area (Å²) in [7, 11) is 0. The normalized spacial score (nSPS) is 11.6. The van der Waals surface area contributed by atoms with E-state index in [1.165, 1.54) is 22.3 Å². The van der Waals surface area contributed by atoms with Crippen molar-refractivity contribution >= 4 is 50.6 Å². The molecule has 3 heterocycles. The van der Waals surface area contributed by atoms with E-state index in [-0.39, 0.29) is 20.1 Å².